The first-order chi connectivity index (χ1) is 12.5. The molecule has 2 aliphatic heterocycles. The van der Waals surface area contributed by atoms with Crippen molar-refractivity contribution in [2.45, 2.75) is 63.1 Å². The number of nitrogens with one attached hydrogen (secondary N) is 1. The van der Waals surface area contributed by atoms with Crippen LogP contribution >= 0.6 is 0 Å². The second kappa shape index (κ2) is 6.78. The van der Waals surface area contributed by atoms with E-state index < -0.39 is 5.97 Å². The maximum absolute atomic E-state index is 12.9. The molecule has 3 heterocycles. The van der Waals surface area contributed by atoms with Crippen molar-refractivity contribution >= 4 is 17.6 Å². The van der Waals surface area contributed by atoms with Gasteiger partial charge in [-0.25, -0.2) is 4.79 Å². The first kappa shape index (κ1) is 17.1. The van der Waals surface area contributed by atoms with Crippen molar-refractivity contribution in [3.05, 3.63) is 24.0 Å². The maximum atomic E-state index is 12.9. The molecule has 0 aromatic carbocycles. The lowest BCUT2D eigenvalue weighted by Gasteiger charge is -2.36. The van der Waals surface area contributed by atoms with Crippen molar-refractivity contribution in [3.63, 3.8) is 0 Å². The number of fused-ring (bicyclic) bond motifs is 2. The number of urea groups is 1. The molecule has 7 heteroatoms. The van der Waals surface area contributed by atoms with Gasteiger partial charge in [0.15, 0.2) is 0 Å². The number of rotatable bonds is 3. The summed E-state index contributed by atoms with van der Waals surface area (Å²) in [6.45, 7) is 0. The zero-order chi connectivity index (χ0) is 18.3. The van der Waals surface area contributed by atoms with Crippen molar-refractivity contribution in [1.29, 1.82) is 0 Å². The molecule has 1 saturated heterocycles. The van der Waals surface area contributed by atoms with Gasteiger partial charge in [-0.05, 0) is 56.6 Å². The Hall–Kier alpha value is -2.31. The third-order valence-electron chi connectivity index (χ3n) is 6.18. The fourth-order valence-corrected chi connectivity index (χ4v) is 4.76. The number of amides is 2. The third-order valence-corrected chi connectivity index (χ3v) is 6.18. The number of hydrogen-bond acceptors (Lipinski definition) is 3. The van der Waals surface area contributed by atoms with Gasteiger partial charge in [-0.15, -0.1) is 0 Å². The summed E-state index contributed by atoms with van der Waals surface area (Å²) in [5, 5.41) is 16.5. The van der Waals surface area contributed by atoms with E-state index in [-0.39, 0.29) is 30.1 Å². The molecule has 2 atom stereocenters. The number of carbonyl (C=O) groups excluding carboxylic acids is 1. The van der Waals surface area contributed by atoms with Crippen LogP contribution in [0.3, 0.4) is 0 Å². The molecule has 1 aromatic heterocycles. The predicted octanol–water partition coefficient (Wildman–Crippen LogP) is 2.39. The van der Waals surface area contributed by atoms with Crippen LogP contribution in [0, 0.1) is 5.92 Å². The van der Waals surface area contributed by atoms with E-state index in [4.69, 9.17) is 5.11 Å². The molecule has 140 valence electrons. The third kappa shape index (κ3) is 3.10. The topological polar surface area (TPSA) is 87.5 Å². The second-order valence-electron chi connectivity index (χ2n) is 7.78. The van der Waals surface area contributed by atoms with Crippen LogP contribution in [0.1, 0.15) is 50.6 Å². The molecule has 0 radical (unpaired) electrons. The lowest BCUT2D eigenvalue weighted by atomic mass is 9.86. The number of carbonyl (C=O) groups is 2. The Morgan fingerprint density at radius 3 is 2.58 bits per heavy atom. The zero-order valence-corrected chi connectivity index (χ0v) is 15.1. The van der Waals surface area contributed by atoms with Crippen molar-refractivity contribution in [2.24, 2.45) is 13.0 Å². The van der Waals surface area contributed by atoms with Gasteiger partial charge in [0.05, 0.1) is 17.7 Å². The quantitative estimate of drug-likeness (QED) is 0.868. The molecule has 3 aliphatic rings. The Morgan fingerprint density at radius 2 is 1.96 bits per heavy atom. The van der Waals surface area contributed by atoms with Crippen LogP contribution in [-0.4, -0.2) is 49.9 Å². The van der Waals surface area contributed by atoms with Crippen molar-refractivity contribution < 1.29 is 14.7 Å². The largest absolute Gasteiger partial charge is 0.481 e. The van der Waals surface area contributed by atoms with Gasteiger partial charge in [0.2, 0.25) is 0 Å². The predicted molar refractivity (Wildman–Crippen MR) is 96.4 cm³/mol. The van der Waals surface area contributed by atoms with Gasteiger partial charge in [0.25, 0.3) is 0 Å². The number of nitrogens with zero attached hydrogens (tertiary/aromatic N) is 3. The zero-order valence-electron chi connectivity index (χ0n) is 15.1. The normalized spacial score (nSPS) is 30.8. The minimum atomic E-state index is -0.711. The maximum Gasteiger partial charge on any atom is 0.318 e. The average molecular weight is 358 g/mol. The average Bonchev–Trinajstić information content (AvgIpc) is 3.16. The summed E-state index contributed by atoms with van der Waals surface area (Å²) in [5.41, 5.74) is 2.41. The molecule has 0 spiro atoms. The Balaban J connectivity index is 1.40. The van der Waals surface area contributed by atoms with Gasteiger partial charge in [-0.3, -0.25) is 9.48 Å². The summed E-state index contributed by atoms with van der Waals surface area (Å²) in [7, 11) is 1.95. The van der Waals surface area contributed by atoms with E-state index in [0.29, 0.717) is 12.8 Å². The standard InChI is InChI=1S/C19H26N4O3/c1-22-17(8-9-20-22)13-10-15-6-7-16(11-13)23(15)19(26)21-14-4-2-12(3-5-14)18(24)25/h8-10,12,14-16H,2-7,11H2,1H3,(H,21,26)(H,24,25). The summed E-state index contributed by atoms with van der Waals surface area (Å²) in [6, 6.07) is 2.53. The van der Waals surface area contributed by atoms with Crippen LogP contribution in [0.15, 0.2) is 18.3 Å². The Morgan fingerprint density at radius 1 is 1.19 bits per heavy atom. The van der Waals surface area contributed by atoms with Crippen molar-refractivity contribution in [3.8, 4) is 0 Å². The molecule has 7 nitrogen and oxygen atoms in total. The summed E-state index contributed by atoms with van der Waals surface area (Å²) in [6.07, 6.45) is 9.74. The Labute approximate surface area is 153 Å². The summed E-state index contributed by atoms with van der Waals surface area (Å²) in [5.74, 6) is -0.963. The first-order valence-corrected chi connectivity index (χ1v) is 9.53. The summed E-state index contributed by atoms with van der Waals surface area (Å²) in [4.78, 5) is 25.9. The van der Waals surface area contributed by atoms with Gasteiger partial charge in [-0.1, -0.05) is 6.08 Å². The number of aliphatic carboxylic acids is 1. The fourth-order valence-electron chi connectivity index (χ4n) is 4.76. The Bertz CT molecular complexity index is 733. The highest BCUT2D eigenvalue weighted by molar-refractivity contribution is 5.78. The monoisotopic (exact) mass is 358 g/mol. The molecular formula is C19H26N4O3. The fraction of sp³-hybridized carbons (Fsp3) is 0.632. The van der Waals surface area contributed by atoms with Crippen LogP contribution in [0.2, 0.25) is 0 Å². The van der Waals surface area contributed by atoms with Crippen LogP contribution in [0.4, 0.5) is 4.79 Å². The van der Waals surface area contributed by atoms with E-state index >= 15 is 0 Å². The van der Waals surface area contributed by atoms with Crippen LogP contribution in [-0.2, 0) is 11.8 Å². The van der Waals surface area contributed by atoms with Crippen molar-refractivity contribution in [1.82, 2.24) is 20.0 Å². The van der Waals surface area contributed by atoms with Gasteiger partial charge in [-0.2, -0.15) is 5.10 Å². The van der Waals surface area contributed by atoms with E-state index in [1.165, 1.54) is 5.57 Å². The number of aromatic nitrogens is 2. The number of carboxylic acids is 1. The van der Waals surface area contributed by atoms with E-state index in [1.807, 2.05) is 28.9 Å². The highest BCUT2D eigenvalue weighted by Gasteiger charge is 2.41. The van der Waals surface area contributed by atoms with Gasteiger partial charge in [0.1, 0.15) is 0 Å². The molecule has 2 N–H and O–H groups in total. The van der Waals surface area contributed by atoms with Crippen LogP contribution in [0.5, 0.6) is 0 Å². The van der Waals surface area contributed by atoms with E-state index in [2.05, 4.69) is 16.5 Å². The highest BCUT2D eigenvalue weighted by Crippen LogP contribution is 2.38. The smallest absolute Gasteiger partial charge is 0.318 e. The van der Waals surface area contributed by atoms with Crippen molar-refractivity contribution in [2.75, 3.05) is 0 Å². The van der Waals surface area contributed by atoms with Gasteiger partial charge >= 0.3 is 12.0 Å². The first-order valence-electron chi connectivity index (χ1n) is 9.53. The van der Waals surface area contributed by atoms with Crippen LogP contribution in [0.25, 0.3) is 5.57 Å². The van der Waals surface area contributed by atoms with E-state index in [0.717, 1.165) is 37.8 Å². The molecule has 1 saturated carbocycles. The molecule has 4 rings (SSSR count). The second-order valence-corrected chi connectivity index (χ2v) is 7.78. The van der Waals surface area contributed by atoms with Gasteiger partial charge in [0, 0.05) is 25.3 Å². The summed E-state index contributed by atoms with van der Waals surface area (Å²) >= 11 is 0. The summed E-state index contributed by atoms with van der Waals surface area (Å²) < 4.78 is 1.89. The van der Waals surface area contributed by atoms with E-state index in [9.17, 15) is 9.59 Å². The molecule has 2 bridgehead atoms. The van der Waals surface area contributed by atoms with Crippen LogP contribution < -0.4 is 5.32 Å². The molecule has 2 fully saturated rings. The Kier molecular flexibility index (Phi) is 4.46. The van der Waals surface area contributed by atoms with Gasteiger partial charge < -0.3 is 15.3 Å². The SMILES string of the molecule is Cn1nccc1C1=CC2CCC(C1)N2C(=O)NC1CCC(C(=O)O)CC1. The minimum Gasteiger partial charge on any atom is -0.481 e. The number of carboxylic acid groups (broad SMARTS) is 1. The highest BCUT2D eigenvalue weighted by atomic mass is 16.4. The lowest BCUT2D eigenvalue weighted by Crippen LogP contribution is -2.51. The molecular weight excluding hydrogens is 332 g/mol. The molecule has 2 unspecified atom stereocenters. The number of aryl methyl sites for hydroxylation is 1. The lowest BCUT2D eigenvalue weighted by molar-refractivity contribution is -0.142. The van der Waals surface area contributed by atoms with E-state index in [1.54, 1.807) is 0 Å². The molecule has 1 aromatic rings. The molecule has 26 heavy (non-hydrogen) atoms. The molecule has 1 aliphatic carbocycles. The number of hydrogen-bond donors (Lipinski definition) is 2. The molecule has 2 amide bonds. The minimum absolute atomic E-state index is 0.0107.